The minimum atomic E-state index is 1.01. The summed E-state index contributed by atoms with van der Waals surface area (Å²) in [4.78, 5) is 8.46. The van der Waals surface area contributed by atoms with E-state index in [-0.39, 0.29) is 0 Å². The summed E-state index contributed by atoms with van der Waals surface area (Å²) in [5.41, 5.74) is 2.20. The summed E-state index contributed by atoms with van der Waals surface area (Å²) >= 11 is 1.71. The molecule has 0 aromatic carbocycles. The molecule has 2 aromatic heterocycles. The molecule has 0 fully saturated rings. The van der Waals surface area contributed by atoms with E-state index in [1.807, 2.05) is 12.1 Å². The Labute approximate surface area is 81.3 Å². The number of nitrogens with zero attached hydrogens (tertiary/aromatic N) is 2. The lowest BCUT2D eigenvalue weighted by molar-refractivity contribution is 1.10. The van der Waals surface area contributed by atoms with Crippen molar-refractivity contribution in [3.05, 3.63) is 34.9 Å². The largest absolute Gasteiger partial charge is 0.265 e. The Kier molecular flexibility index (Phi) is 2.36. The summed E-state index contributed by atoms with van der Waals surface area (Å²) in [6.07, 6.45) is 4.59. The normalized spacial score (nSPS) is 10.2. The van der Waals surface area contributed by atoms with Gasteiger partial charge in [-0.1, -0.05) is 6.92 Å². The van der Waals surface area contributed by atoms with E-state index in [0.717, 1.165) is 17.7 Å². The van der Waals surface area contributed by atoms with E-state index >= 15 is 0 Å². The van der Waals surface area contributed by atoms with Crippen molar-refractivity contribution in [3.63, 3.8) is 0 Å². The zero-order valence-corrected chi connectivity index (χ0v) is 8.21. The average Bonchev–Trinajstić information content (AvgIpc) is 2.67. The maximum absolute atomic E-state index is 4.49. The Bertz CT molecular complexity index is 381. The SMILES string of the molecule is CCc1nc(-c2ccncc2)cs1. The van der Waals surface area contributed by atoms with Gasteiger partial charge in [0.15, 0.2) is 0 Å². The fourth-order valence-electron chi connectivity index (χ4n) is 1.13. The molecule has 0 atom stereocenters. The third-order valence-corrected chi connectivity index (χ3v) is 2.82. The topological polar surface area (TPSA) is 25.8 Å². The summed E-state index contributed by atoms with van der Waals surface area (Å²) in [5, 5.41) is 3.28. The van der Waals surface area contributed by atoms with Crippen LogP contribution >= 0.6 is 11.3 Å². The summed E-state index contributed by atoms with van der Waals surface area (Å²) in [5.74, 6) is 0. The van der Waals surface area contributed by atoms with Gasteiger partial charge in [-0.15, -0.1) is 11.3 Å². The molecule has 0 spiro atoms. The molecule has 0 radical (unpaired) electrons. The molecule has 2 nitrogen and oxygen atoms in total. The summed E-state index contributed by atoms with van der Waals surface area (Å²) in [6.45, 7) is 2.12. The highest BCUT2D eigenvalue weighted by Gasteiger charge is 2.01. The summed E-state index contributed by atoms with van der Waals surface area (Å²) in [6, 6.07) is 3.96. The lowest BCUT2D eigenvalue weighted by Crippen LogP contribution is -1.80. The van der Waals surface area contributed by atoms with E-state index in [1.54, 1.807) is 23.7 Å². The van der Waals surface area contributed by atoms with Gasteiger partial charge < -0.3 is 0 Å². The number of hydrogen-bond donors (Lipinski definition) is 0. The molecule has 0 aliphatic heterocycles. The molecule has 0 saturated carbocycles. The zero-order chi connectivity index (χ0) is 9.10. The Hall–Kier alpha value is -1.22. The fraction of sp³-hybridized carbons (Fsp3) is 0.200. The predicted molar refractivity (Wildman–Crippen MR) is 54.7 cm³/mol. The number of aryl methyl sites for hydroxylation is 1. The number of rotatable bonds is 2. The van der Waals surface area contributed by atoms with Crippen molar-refractivity contribution in [3.8, 4) is 11.3 Å². The van der Waals surface area contributed by atoms with Gasteiger partial charge in [0.25, 0.3) is 0 Å². The highest BCUT2D eigenvalue weighted by Crippen LogP contribution is 2.20. The molecular formula is C10H10N2S. The fourth-order valence-corrected chi connectivity index (χ4v) is 1.88. The molecule has 2 rings (SSSR count). The van der Waals surface area contributed by atoms with Crippen molar-refractivity contribution < 1.29 is 0 Å². The van der Waals surface area contributed by atoms with Crippen LogP contribution in [0, 0.1) is 0 Å². The Balaban J connectivity index is 2.36. The van der Waals surface area contributed by atoms with Gasteiger partial charge in [-0.05, 0) is 18.6 Å². The number of pyridine rings is 1. The molecule has 13 heavy (non-hydrogen) atoms. The van der Waals surface area contributed by atoms with Gasteiger partial charge in [0.05, 0.1) is 10.7 Å². The first-order valence-corrected chi connectivity index (χ1v) is 5.13. The molecule has 0 aliphatic carbocycles. The second-order valence-corrected chi connectivity index (χ2v) is 3.66. The molecule has 2 heterocycles. The average molecular weight is 190 g/mol. The van der Waals surface area contributed by atoms with Gasteiger partial charge in [-0.25, -0.2) is 4.98 Å². The van der Waals surface area contributed by atoms with Crippen molar-refractivity contribution in [1.82, 2.24) is 9.97 Å². The maximum Gasteiger partial charge on any atom is 0.0929 e. The number of thiazole rings is 1. The number of aromatic nitrogens is 2. The van der Waals surface area contributed by atoms with Gasteiger partial charge in [-0.2, -0.15) is 0 Å². The Morgan fingerprint density at radius 1 is 1.31 bits per heavy atom. The molecule has 0 unspecified atom stereocenters. The Morgan fingerprint density at radius 2 is 2.08 bits per heavy atom. The molecule has 0 bridgehead atoms. The van der Waals surface area contributed by atoms with Crippen LogP contribution in [0.1, 0.15) is 11.9 Å². The predicted octanol–water partition coefficient (Wildman–Crippen LogP) is 2.77. The monoisotopic (exact) mass is 190 g/mol. The zero-order valence-electron chi connectivity index (χ0n) is 7.40. The highest BCUT2D eigenvalue weighted by atomic mass is 32.1. The Morgan fingerprint density at radius 3 is 2.69 bits per heavy atom. The minimum Gasteiger partial charge on any atom is -0.265 e. The smallest absolute Gasteiger partial charge is 0.0929 e. The summed E-state index contributed by atoms with van der Waals surface area (Å²) in [7, 11) is 0. The first kappa shape index (κ1) is 8.38. The highest BCUT2D eigenvalue weighted by molar-refractivity contribution is 7.09. The first-order chi connectivity index (χ1) is 6.40. The second-order valence-electron chi connectivity index (χ2n) is 2.72. The molecule has 2 aromatic rings. The van der Waals surface area contributed by atoms with Gasteiger partial charge in [0, 0.05) is 23.3 Å². The van der Waals surface area contributed by atoms with Crippen LogP contribution in [-0.4, -0.2) is 9.97 Å². The first-order valence-electron chi connectivity index (χ1n) is 4.25. The lowest BCUT2D eigenvalue weighted by Gasteiger charge is -1.92. The molecule has 0 aliphatic rings. The van der Waals surface area contributed by atoms with Crippen LogP contribution in [0.2, 0.25) is 0 Å². The standard InChI is InChI=1S/C10H10N2S/c1-2-10-12-9(7-13-10)8-3-5-11-6-4-8/h3-7H,2H2,1H3. The third-order valence-electron chi connectivity index (χ3n) is 1.83. The van der Waals surface area contributed by atoms with Crippen LogP contribution in [0.3, 0.4) is 0 Å². The third kappa shape index (κ3) is 1.75. The quantitative estimate of drug-likeness (QED) is 0.727. The van der Waals surface area contributed by atoms with Gasteiger partial charge in [0.2, 0.25) is 0 Å². The molecule has 3 heteroatoms. The van der Waals surface area contributed by atoms with E-state index in [0.29, 0.717) is 0 Å². The van der Waals surface area contributed by atoms with E-state index in [2.05, 4.69) is 22.3 Å². The molecule has 0 saturated heterocycles. The van der Waals surface area contributed by atoms with Crippen LogP contribution in [0.25, 0.3) is 11.3 Å². The second kappa shape index (κ2) is 3.66. The van der Waals surface area contributed by atoms with Gasteiger partial charge >= 0.3 is 0 Å². The van der Waals surface area contributed by atoms with Crippen molar-refractivity contribution in [2.24, 2.45) is 0 Å². The van der Waals surface area contributed by atoms with Crippen molar-refractivity contribution in [1.29, 1.82) is 0 Å². The van der Waals surface area contributed by atoms with Gasteiger partial charge in [0.1, 0.15) is 0 Å². The van der Waals surface area contributed by atoms with Crippen LogP contribution in [0.5, 0.6) is 0 Å². The van der Waals surface area contributed by atoms with Crippen molar-refractivity contribution >= 4 is 11.3 Å². The molecule has 66 valence electrons. The summed E-state index contributed by atoms with van der Waals surface area (Å²) < 4.78 is 0. The molecule has 0 amide bonds. The van der Waals surface area contributed by atoms with E-state index in [1.165, 1.54) is 5.01 Å². The van der Waals surface area contributed by atoms with E-state index < -0.39 is 0 Å². The lowest BCUT2D eigenvalue weighted by atomic mass is 10.2. The minimum absolute atomic E-state index is 1.01. The molecule has 0 N–H and O–H groups in total. The van der Waals surface area contributed by atoms with Crippen molar-refractivity contribution in [2.75, 3.05) is 0 Å². The van der Waals surface area contributed by atoms with Crippen LogP contribution < -0.4 is 0 Å². The van der Waals surface area contributed by atoms with Crippen molar-refractivity contribution in [2.45, 2.75) is 13.3 Å². The maximum atomic E-state index is 4.49. The van der Waals surface area contributed by atoms with E-state index in [9.17, 15) is 0 Å². The van der Waals surface area contributed by atoms with Crippen LogP contribution in [-0.2, 0) is 6.42 Å². The number of hydrogen-bond acceptors (Lipinski definition) is 3. The van der Waals surface area contributed by atoms with E-state index in [4.69, 9.17) is 0 Å². The molecular weight excluding hydrogens is 180 g/mol. The van der Waals surface area contributed by atoms with Crippen LogP contribution in [0.4, 0.5) is 0 Å². The van der Waals surface area contributed by atoms with Crippen LogP contribution in [0.15, 0.2) is 29.9 Å². The van der Waals surface area contributed by atoms with Gasteiger partial charge in [-0.3, -0.25) is 4.98 Å².